The minimum atomic E-state index is 0. The van der Waals surface area contributed by atoms with Gasteiger partial charge in [-0.05, 0) is 52.4 Å². The van der Waals surface area contributed by atoms with Crippen LogP contribution in [0.5, 0.6) is 0 Å². The van der Waals surface area contributed by atoms with Crippen molar-refractivity contribution in [2.45, 2.75) is 6.54 Å². The molecule has 0 fully saturated rings. The van der Waals surface area contributed by atoms with Crippen LogP contribution in [-0.2, 0) is 6.54 Å². The zero-order chi connectivity index (χ0) is 12.3. The summed E-state index contributed by atoms with van der Waals surface area (Å²) in [4.78, 5) is 12.0. The van der Waals surface area contributed by atoms with E-state index in [-0.39, 0.29) is 29.3 Å². The Balaban J connectivity index is 0.00000162. The Morgan fingerprint density at radius 3 is 2.44 bits per heavy atom. The predicted octanol–water partition coefficient (Wildman–Crippen LogP) is 0.119. The van der Waals surface area contributed by atoms with Crippen LogP contribution in [0.2, 0.25) is 5.15 Å². The highest BCUT2D eigenvalue weighted by atomic mass is 127. The van der Waals surface area contributed by atoms with Crippen molar-refractivity contribution >= 4 is 40.0 Å². The van der Waals surface area contributed by atoms with Crippen molar-refractivity contribution in [2.75, 3.05) is 0 Å². The molecule has 0 spiro atoms. The van der Waals surface area contributed by atoms with Crippen LogP contribution >= 0.6 is 34.2 Å². The average Bonchev–Trinajstić information content (AvgIpc) is 2.33. The van der Waals surface area contributed by atoms with Crippen molar-refractivity contribution in [3.63, 3.8) is 0 Å². The maximum Gasteiger partial charge on any atom is 0.275 e. The summed E-state index contributed by atoms with van der Waals surface area (Å²) in [6.45, 7) is 0.264. The largest absolute Gasteiger partial charge is 1.00 e. The number of aromatic nitrogens is 1. The SMILES string of the molecule is O=C(C[n+]1ccccc1Cl)c1ccc(I)cc1.[Br-]. The molecule has 1 heterocycles. The third-order valence-electron chi connectivity index (χ3n) is 2.37. The van der Waals surface area contributed by atoms with Gasteiger partial charge >= 0.3 is 0 Å². The van der Waals surface area contributed by atoms with Crippen LogP contribution in [0, 0.1) is 3.57 Å². The first-order chi connectivity index (χ1) is 8.16. The summed E-state index contributed by atoms with van der Waals surface area (Å²) in [5, 5.41) is 0.561. The normalized spacial score (nSPS) is 9.67. The molecule has 0 aliphatic rings. The Hall–Kier alpha value is -0.460. The van der Waals surface area contributed by atoms with Crippen LogP contribution < -0.4 is 21.5 Å². The third kappa shape index (κ3) is 4.03. The Kier molecular flexibility index (Phi) is 6.25. The molecule has 1 aromatic heterocycles. The number of ketones is 1. The van der Waals surface area contributed by atoms with E-state index in [0.717, 1.165) is 3.57 Å². The summed E-state index contributed by atoms with van der Waals surface area (Å²) in [7, 11) is 0. The molecule has 0 unspecified atom stereocenters. The summed E-state index contributed by atoms with van der Waals surface area (Å²) in [5.74, 6) is 0.0551. The van der Waals surface area contributed by atoms with Gasteiger partial charge < -0.3 is 17.0 Å². The minimum Gasteiger partial charge on any atom is -1.00 e. The van der Waals surface area contributed by atoms with Gasteiger partial charge in [0.1, 0.15) is 0 Å². The number of hydrogen-bond acceptors (Lipinski definition) is 1. The van der Waals surface area contributed by atoms with Crippen LogP contribution in [0.4, 0.5) is 0 Å². The van der Waals surface area contributed by atoms with Crippen LogP contribution in [0.25, 0.3) is 0 Å². The highest BCUT2D eigenvalue weighted by molar-refractivity contribution is 14.1. The fourth-order valence-corrected chi connectivity index (χ4v) is 2.01. The number of hydrogen-bond donors (Lipinski definition) is 0. The summed E-state index contributed by atoms with van der Waals surface area (Å²) < 4.78 is 2.84. The highest BCUT2D eigenvalue weighted by Gasteiger charge is 2.14. The van der Waals surface area contributed by atoms with Crippen LogP contribution in [0.3, 0.4) is 0 Å². The van der Waals surface area contributed by atoms with Gasteiger partial charge in [-0.2, -0.15) is 4.57 Å². The molecule has 0 N–H and O–H groups in total. The van der Waals surface area contributed by atoms with Crippen LogP contribution in [-0.4, -0.2) is 5.78 Å². The zero-order valence-corrected chi connectivity index (χ0v) is 13.8. The van der Waals surface area contributed by atoms with E-state index >= 15 is 0 Å². The molecule has 0 aliphatic carbocycles. The van der Waals surface area contributed by atoms with E-state index in [1.807, 2.05) is 36.4 Å². The summed E-state index contributed by atoms with van der Waals surface area (Å²) in [6.07, 6.45) is 1.80. The fraction of sp³-hybridized carbons (Fsp3) is 0.0769. The van der Waals surface area contributed by atoms with Crippen molar-refractivity contribution in [1.29, 1.82) is 0 Å². The van der Waals surface area contributed by atoms with Crippen LogP contribution in [0.15, 0.2) is 48.7 Å². The molecule has 0 atom stereocenters. The van der Waals surface area contributed by atoms with Gasteiger partial charge in [0.2, 0.25) is 12.3 Å². The Morgan fingerprint density at radius 2 is 1.83 bits per heavy atom. The third-order valence-corrected chi connectivity index (χ3v) is 3.43. The van der Waals surface area contributed by atoms with Gasteiger partial charge in [0.15, 0.2) is 6.20 Å². The fourth-order valence-electron chi connectivity index (χ4n) is 1.47. The average molecular weight is 438 g/mol. The number of pyridine rings is 1. The number of carbonyl (C=O) groups is 1. The molecular weight excluding hydrogens is 428 g/mol. The minimum absolute atomic E-state index is 0. The van der Waals surface area contributed by atoms with E-state index in [1.54, 1.807) is 16.8 Å². The number of nitrogens with zero attached hydrogens (tertiary/aromatic N) is 1. The van der Waals surface area contributed by atoms with E-state index in [4.69, 9.17) is 11.6 Å². The lowest BCUT2D eigenvalue weighted by molar-refractivity contribution is -0.681. The van der Waals surface area contributed by atoms with E-state index in [0.29, 0.717) is 10.7 Å². The van der Waals surface area contributed by atoms with Crippen molar-refractivity contribution in [2.24, 2.45) is 0 Å². The predicted molar refractivity (Wildman–Crippen MR) is 75.1 cm³/mol. The van der Waals surface area contributed by atoms with Crippen LogP contribution in [0.1, 0.15) is 10.4 Å². The second-order valence-electron chi connectivity index (χ2n) is 3.58. The Morgan fingerprint density at radius 1 is 1.17 bits per heavy atom. The first-order valence-corrected chi connectivity index (χ1v) is 6.55. The molecule has 2 aromatic rings. The molecule has 0 radical (unpaired) electrons. The summed E-state index contributed by atoms with van der Waals surface area (Å²) in [5.41, 5.74) is 0.706. The first-order valence-electron chi connectivity index (χ1n) is 5.09. The first kappa shape index (κ1) is 15.6. The monoisotopic (exact) mass is 437 g/mol. The lowest BCUT2D eigenvalue weighted by Gasteiger charge is -1.99. The molecule has 0 aliphatic heterocycles. The topological polar surface area (TPSA) is 20.9 Å². The smallest absolute Gasteiger partial charge is 0.275 e. The number of halogens is 3. The molecular formula is C13H10BrClINO. The molecule has 0 saturated heterocycles. The van der Waals surface area contributed by atoms with Gasteiger partial charge in [0.25, 0.3) is 5.15 Å². The molecule has 18 heavy (non-hydrogen) atoms. The molecule has 0 amide bonds. The second kappa shape index (κ2) is 7.21. The van der Waals surface area contributed by atoms with Gasteiger partial charge in [0.05, 0.1) is 0 Å². The van der Waals surface area contributed by atoms with Gasteiger partial charge in [-0.15, -0.1) is 0 Å². The number of carbonyl (C=O) groups excluding carboxylic acids is 1. The lowest BCUT2D eigenvalue weighted by atomic mass is 10.1. The zero-order valence-electron chi connectivity index (χ0n) is 9.32. The molecule has 2 rings (SSSR count). The van der Waals surface area contributed by atoms with Crippen molar-refractivity contribution < 1.29 is 26.3 Å². The highest BCUT2D eigenvalue weighted by Crippen LogP contribution is 2.08. The van der Waals surface area contributed by atoms with Crippen molar-refractivity contribution in [3.8, 4) is 0 Å². The van der Waals surface area contributed by atoms with Gasteiger partial charge in [-0.1, -0.05) is 12.1 Å². The number of rotatable bonds is 3. The van der Waals surface area contributed by atoms with E-state index in [2.05, 4.69) is 22.6 Å². The summed E-state index contributed by atoms with van der Waals surface area (Å²) in [6, 6.07) is 13.0. The standard InChI is InChI=1S/C13H10ClINO.BrH/c14-13-3-1-2-8-16(13)9-12(17)10-4-6-11(15)7-5-10;/h1-8H,9H2;1H/q+1;/p-1. The van der Waals surface area contributed by atoms with Crippen molar-refractivity contribution in [3.05, 3.63) is 62.9 Å². The van der Waals surface area contributed by atoms with Gasteiger partial charge in [-0.3, -0.25) is 4.79 Å². The quantitative estimate of drug-likeness (QED) is 0.289. The maximum atomic E-state index is 12.0. The van der Waals surface area contributed by atoms with E-state index in [1.165, 1.54) is 0 Å². The lowest BCUT2D eigenvalue weighted by Crippen LogP contribution is -3.00. The van der Waals surface area contributed by atoms with E-state index < -0.39 is 0 Å². The Bertz CT molecular complexity index is 545. The molecule has 1 aromatic carbocycles. The summed E-state index contributed by atoms with van der Waals surface area (Å²) >= 11 is 8.20. The molecule has 0 bridgehead atoms. The molecule has 5 heteroatoms. The molecule has 94 valence electrons. The number of Topliss-reactive ketones (excluding diaryl/α,β-unsaturated/α-hetero) is 1. The van der Waals surface area contributed by atoms with Gasteiger partial charge in [0, 0.05) is 21.3 Å². The second-order valence-corrected chi connectivity index (χ2v) is 5.21. The Labute approximate surface area is 135 Å². The number of benzene rings is 1. The maximum absolute atomic E-state index is 12.0. The van der Waals surface area contributed by atoms with Crippen molar-refractivity contribution in [1.82, 2.24) is 0 Å². The van der Waals surface area contributed by atoms with Gasteiger partial charge in [-0.25, -0.2) is 0 Å². The van der Waals surface area contributed by atoms with E-state index in [9.17, 15) is 4.79 Å². The molecule has 0 saturated carbocycles. The molecule has 2 nitrogen and oxygen atoms in total.